The highest BCUT2D eigenvalue weighted by atomic mass is 19.1. The maximum atomic E-state index is 14.9. The smallest absolute Gasteiger partial charge is 0.414 e. The van der Waals surface area contributed by atoms with Crippen molar-refractivity contribution in [2.45, 2.75) is 25.4 Å². The predicted octanol–water partition coefficient (Wildman–Crippen LogP) is 1.91. The van der Waals surface area contributed by atoms with E-state index in [2.05, 4.69) is 15.5 Å². The average Bonchev–Trinajstić information content (AvgIpc) is 3.45. The molecule has 2 aliphatic heterocycles. The van der Waals surface area contributed by atoms with Crippen molar-refractivity contribution in [2.75, 3.05) is 36.0 Å². The number of hydrogen-bond acceptors (Lipinski definition) is 7. The molecule has 12 heteroatoms. The van der Waals surface area contributed by atoms with Crippen molar-refractivity contribution in [3.63, 3.8) is 0 Å². The normalized spacial score (nSPS) is 20.8. The van der Waals surface area contributed by atoms with Crippen LogP contribution in [0.15, 0.2) is 24.4 Å². The zero-order chi connectivity index (χ0) is 22.1. The van der Waals surface area contributed by atoms with E-state index in [4.69, 9.17) is 4.74 Å². The number of carbonyl (C=O) groups excluding carboxylic acids is 2. The van der Waals surface area contributed by atoms with E-state index >= 15 is 0 Å². The summed E-state index contributed by atoms with van der Waals surface area (Å²) in [5.74, 6) is -0.894. The number of anilines is 2. The maximum absolute atomic E-state index is 14.9. The van der Waals surface area contributed by atoms with Gasteiger partial charge < -0.3 is 15.0 Å². The van der Waals surface area contributed by atoms with E-state index in [1.165, 1.54) is 24.1 Å². The zero-order valence-electron chi connectivity index (χ0n) is 16.7. The fourth-order valence-corrected chi connectivity index (χ4v) is 3.97. The van der Waals surface area contributed by atoms with Gasteiger partial charge in [-0.1, -0.05) is 0 Å². The van der Waals surface area contributed by atoms with Gasteiger partial charge in [-0.15, -0.1) is 0 Å². The van der Waals surface area contributed by atoms with Crippen LogP contribution < -0.4 is 15.1 Å². The molecule has 31 heavy (non-hydrogen) atoms. The summed E-state index contributed by atoms with van der Waals surface area (Å²) in [7, 11) is 0. The molecule has 2 saturated heterocycles. The molecule has 2 amide bonds. The van der Waals surface area contributed by atoms with E-state index in [9.17, 15) is 24.1 Å². The molecule has 1 unspecified atom stereocenters. The van der Waals surface area contributed by atoms with Crippen LogP contribution in [-0.4, -0.2) is 59.4 Å². The topological polar surface area (TPSA) is 134 Å². The molecule has 2 fully saturated rings. The zero-order valence-corrected chi connectivity index (χ0v) is 16.7. The summed E-state index contributed by atoms with van der Waals surface area (Å²) in [5, 5.41) is 20.2. The van der Waals surface area contributed by atoms with Gasteiger partial charge in [-0.25, -0.2) is 9.18 Å². The number of nitrogens with zero attached hydrogens (tertiary/aromatic N) is 4. The van der Waals surface area contributed by atoms with Crippen molar-refractivity contribution >= 4 is 29.1 Å². The minimum Gasteiger partial charge on any atom is -0.442 e. The molecule has 2 aliphatic rings. The van der Waals surface area contributed by atoms with Crippen LogP contribution in [0.25, 0.3) is 0 Å². The Balaban J connectivity index is 1.45. The number of benzene rings is 1. The second kappa shape index (κ2) is 8.20. The number of amides is 2. The Morgan fingerprint density at radius 2 is 2.26 bits per heavy atom. The molecule has 164 valence electrons. The fourth-order valence-electron chi connectivity index (χ4n) is 3.97. The standard InChI is InChI=1S/C19H21FN6O5/c1-11(27)21-7-14-10-25(19(28)31-14)13-2-3-16(15(20)6-13)24-5-4-12(9-24)18-17(26(29)30)8-22-23-18/h2-3,6,8,12,14H,4-5,7,9-10H2,1H3,(H,21,27)(H,22,23)/t12?,14-/m0/s1. The monoisotopic (exact) mass is 432 g/mol. The molecule has 2 N–H and O–H groups in total. The number of hydrogen-bond donors (Lipinski definition) is 2. The van der Waals surface area contributed by atoms with Gasteiger partial charge in [-0.2, -0.15) is 5.10 Å². The third kappa shape index (κ3) is 4.13. The van der Waals surface area contributed by atoms with Gasteiger partial charge in [0, 0.05) is 25.9 Å². The van der Waals surface area contributed by atoms with E-state index < -0.39 is 22.9 Å². The summed E-state index contributed by atoms with van der Waals surface area (Å²) in [4.78, 5) is 37.0. The first-order valence-electron chi connectivity index (χ1n) is 9.78. The second-order valence-electron chi connectivity index (χ2n) is 7.55. The number of halogens is 1. The van der Waals surface area contributed by atoms with Gasteiger partial charge in [0.15, 0.2) is 0 Å². The van der Waals surface area contributed by atoms with Gasteiger partial charge in [-0.05, 0) is 24.6 Å². The van der Waals surface area contributed by atoms with Gasteiger partial charge in [-0.3, -0.25) is 24.9 Å². The molecule has 3 heterocycles. The Bertz CT molecular complexity index is 1030. The summed E-state index contributed by atoms with van der Waals surface area (Å²) in [6.07, 6.45) is 0.689. The Kier molecular flexibility index (Phi) is 5.44. The highest BCUT2D eigenvalue weighted by Gasteiger charge is 2.34. The number of aromatic amines is 1. The van der Waals surface area contributed by atoms with Gasteiger partial charge >= 0.3 is 11.8 Å². The van der Waals surface area contributed by atoms with Gasteiger partial charge in [0.25, 0.3) is 0 Å². The Hall–Kier alpha value is -3.70. The number of cyclic esters (lactones) is 1. The van der Waals surface area contributed by atoms with E-state index in [0.717, 1.165) is 0 Å². The number of H-pyrrole nitrogens is 1. The summed E-state index contributed by atoms with van der Waals surface area (Å²) in [6, 6.07) is 4.48. The van der Waals surface area contributed by atoms with Crippen LogP contribution in [0, 0.1) is 15.9 Å². The SMILES string of the molecule is CC(=O)NC[C@H]1CN(c2ccc(N3CCC(c4[nH]ncc4[N+](=O)[O-])C3)c(F)c2)C(=O)O1. The summed E-state index contributed by atoms with van der Waals surface area (Å²) < 4.78 is 20.1. The first-order valence-corrected chi connectivity index (χ1v) is 9.78. The number of ether oxygens (including phenoxy) is 1. The van der Waals surface area contributed by atoms with E-state index in [1.54, 1.807) is 12.1 Å². The molecule has 1 aromatic carbocycles. The van der Waals surface area contributed by atoms with Crippen LogP contribution in [0.2, 0.25) is 0 Å². The number of nitrogens with one attached hydrogen (secondary N) is 2. The summed E-state index contributed by atoms with van der Waals surface area (Å²) >= 11 is 0. The maximum Gasteiger partial charge on any atom is 0.414 e. The molecular weight excluding hydrogens is 411 g/mol. The fraction of sp³-hybridized carbons (Fsp3) is 0.421. The lowest BCUT2D eigenvalue weighted by Gasteiger charge is -2.21. The molecule has 0 radical (unpaired) electrons. The van der Waals surface area contributed by atoms with E-state index in [0.29, 0.717) is 36.6 Å². The van der Waals surface area contributed by atoms with E-state index in [-0.39, 0.29) is 30.6 Å². The Labute approximate surface area is 176 Å². The second-order valence-corrected chi connectivity index (χ2v) is 7.55. The summed E-state index contributed by atoms with van der Waals surface area (Å²) in [6.45, 7) is 2.70. The largest absolute Gasteiger partial charge is 0.442 e. The van der Waals surface area contributed by atoms with Crippen molar-refractivity contribution < 1.29 is 23.6 Å². The molecule has 2 aromatic rings. The van der Waals surface area contributed by atoms with Crippen molar-refractivity contribution in [2.24, 2.45) is 0 Å². The number of aromatic nitrogens is 2. The molecular formula is C19H21FN6O5. The van der Waals surface area contributed by atoms with Crippen molar-refractivity contribution in [1.82, 2.24) is 15.5 Å². The highest BCUT2D eigenvalue weighted by molar-refractivity contribution is 5.90. The Morgan fingerprint density at radius 1 is 1.45 bits per heavy atom. The Morgan fingerprint density at radius 3 is 2.97 bits per heavy atom. The molecule has 2 atom stereocenters. The van der Waals surface area contributed by atoms with Gasteiger partial charge in [0.05, 0.1) is 29.4 Å². The molecule has 0 bridgehead atoms. The lowest BCUT2D eigenvalue weighted by Crippen LogP contribution is -2.33. The highest BCUT2D eigenvalue weighted by Crippen LogP contribution is 2.36. The van der Waals surface area contributed by atoms with Crippen LogP contribution >= 0.6 is 0 Å². The molecule has 0 aliphatic carbocycles. The van der Waals surface area contributed by atoms with Gasteiger partial charge in [0.2, 0.25) is 5.91 Å². The van der Waals surface area contributed by atoms with E-state index in [1.807, 2.05) is 4.90 Å². The van der Waals surface area contributed by atoms with Gasteiger partial charge in [0.1, 0.15) is 23.8 Å². The number of rotatable bonds is 6. The van der Waals surface area contributed by atoms with Crippen molar-refractivity contribution in [1.29, 1.82) is 0 Å². The van der Waals surface area contributed by atoms with Crippen molar-refractivity contribution in [3.8, 4) is 0 Å². The number of nitro groups is 1. The molecule has 0 spiro atoms. The van der Waals surface area contributed by atoms with Crippen LogP contribution in [-0.2, 0) is 9.53 Å². The van der Waals surface area contributed by atoms with Crippen LogP contribution in [0.1, 0.15) is 25.0 Å². The first kappa shape index (κ1) is 20.6. The third-order valence-electron chi connectivity index (χ3n) is 5.48. The van der Waals surface area contributed by atoms with Crippen molar-refractivity contribution in [3.05, 3.63) is 46.0 Å². The van der Waals surface area contributed by atoms with Crippen LogP contribution in [0.4, 0.5) is 26.2 Å². The number of carbonyl (C=O) groups is 2. The summed E-state index contributed by atoms with van der Waals surface area (Å²) in [5.41, 5.74) is 1.09. The minimum absolute atomic E-state index is 0.0657. The molecule has 1 aromatic heterocycles. The average molecular weight is 432 g/mol. The lowest BCUT2D eigenvalue weighted by molar-refractivity contribution is -0.385. The predicted molar refractivity (Wildman–Crippen MR) is 108 cm³/mol. The minimum atomic E-state index is -0.602. The van der Waals surface area contributed by atoms with Crippen LogP contribution in [0.5, 0.6) is 0 Å². The first-order chi connectivity index (χ1) is 14.8. The third-order valence-corrected chi connectivity index (χ3v) is 5.48. The van der Waals surface area contributed by atoms with Crippen LogP contribution in [0.3, 0.4) is 0 Å². The molecule has 11 nitrogen and oxygen atoms in total. The lowest BCUT2D eigenvalue weighted by atomic mass is 10.0. The molecule has 4 rings (SSSR count). The quantitative estimate of drug-likeness (QED) is 0.526. The molecule has 0 saturated carbocycles.